The van der Waals surface area contributed by atoms with Crippen LogP contribution in [0, 0.1) is 5.92 Å². The van der Waals surface area contributed by atoms with Gasteiger partial charge in [0.25, 0.3) is 0 Å². The predicted molar refractivity (Wildman–Crippen MR) is 86.3 cm³/mol. The van der Waals surface area contributed by atoms with E-state index >= 15 is 0 Å². The average molecular weight is 286 g/mol. The van der Waals surface area contributed by atoms with Gasteiger partial charge in [-0.25, -0.2) is 0 Å². The number of hydrogen-bond acceptors (Lipinski definition) is 2. The minimum Gasteiger partial charge on any atom is -0.385 e. The van der Waals surface area contributed by atoms with Crippen molar-refractivity contribution in [1.82, 2.24) is 5.32 Å². The highest BCUT2D eigenvalue weighted by atomic mass is 16.1. The third-order valence-electron chi connectivity index (χ3n) is 4.89. The molecule has 1 aliphatic carbocycles. The van der Waals surface area contributed by atoms with E-state index in [1.807, 2.05) is 0 Å². The van der Waals surface area contributed by atoms with Gasteiger partial charge in [0, 0.05) is 25.2 Å². The summed E-state index contributed by atoms with van der Waals surface area (Å²) in [7, 11) is 0. The van der Waals surface area contributed by atoms with Crippen LogP contribution in [0.3, 0.4) is 0 Å². The number of aryl methyl sites for hydroxylation is 1. The van der Waals surface area contributed by atoms with Crippen molar-refractivity contribution in [1.29, 1.82) is 0 Å². The number of carbonyl (C=O) groups is 1. The Balaban J connectivity index is 1.49. The van der Waals surface area contributed by atoms with Crippen molar-refractivity contribution < 1.29 is 4.79 Å². The van der Waals surface area contributed by atoms with Crippen LogP contribution >= 0.6 is 0 Å². The SMILES string of the molecule is O=C(CCC1CCCC1)NCc1cccc2c1NCCC2. The van der Waals surface area contributed by atoms with Crippen LogP contribution in [0.5, 0.6) is 0 Å². The second-order valence-corrected chi connectivity index (χ2v) is 6.45. The van der Waals surface area contributed by atoms with Gasteiger partial charge < -0.3 is 10.6 Å². The first kappa shape index (κ1) is 14.4. The van der Waals surface area contributed by atoms with Gasteiger partial charge >= 0.3 is 0 Å². The van der Waals surface area contributed by atoms with E-state index in [2.05, 4.69) is 28.8 Å². The molecule has 0 spiro atoms. The van der Waals surface area contributed by atoms with Gasteiger partial charge in [-0.05, 0) is 36.3 Å². The molecule has 1 heterocycles. The second-order valence-electron chi connectivity index (χ2n) is 6.45. The fraction of sp³-hybridized carbons (Fsp3) is 0.611. The van der Waals surface area contributed by atoms with Gasteiger partial charge in [-0.15, -0.1) is 0 Å². The molecule has 0 saturated heterocycles. The fourth-order valence-corrected chi connectivity index (χ4v) is 3.64. The quantitative estimate of drug-likeness (QED) is 0.868. The smallest absolute Gasteiger partial charge is 0.220 e. The van der Waals surface area contributed by atoms with Crippen LogP contribution in [0.4, 0.5) is 5.69 Å². The van der Waals surface area contributed by atoms with E-state index in [9.17, 15) is 4.79 Å². The highest BCUT2D eigenvalue weighted by molar-refractivity contribution is 5.76. The van der Waals surface area contributed by atoms with E-state index in [0.717, 1.165) is 25.3 Å². The molecular formula is C18H26N2O. The van der Waals surface area contributed by atoms with Gasteiger partial charge in [-0.3, -0.25) is 4.79 Å². The molecule has 1 aromatic rings. The first-order chi connectivity index (χ1) is 10.3. The summed E-state index contributed by atoms with van der Waals surface area (Å²) in [5.41, 5.74) is 3.86. The number of benzene rings is 1. The molecule has 3 rings (SSSR count). The Hall–Kier alpha value is -1.51. The Bertz CT molecular complexity index is 492. The summed E-state index contributed by atoms with van der Waals surface area (Å²) in [6.45, 7) is 1.69. The summed E-state index contributed by atoms with van der Waals surface area (Å²) >= 11 is 0. The Kier molecular flexibility index (Phi) is 4.79. The molecule has 0 atom stereocenters. The molecule has 0 radical (unpaired) electrons. The lowest BCUT2D eigenvalue weighted by Gasteiger charge is -2.21. The number of nitrogens with one attached hydrogen (secondary N) is 2. The van der Waals surface area contributed by atoms with E-state index in [1.165, 1.54) is 48.9 Å². The predicted octanol–water partition coefficient (Wildman–Crippen LogP) is 3.63. The normalized spacial score (nSPS) is 18.1. The lowest BCUT2D eigenvalue weighted by molar-refractivity contribution is -0.121. The van der Waals surface area contributed by atoms with Crippen molar-refractivity contribution in [3.63, 3.8) is 0 Å². The van der Waals surface area contributed by atoms with Crippen molar-refractivity contribution >= 4 is 11.6 Å². The van der Waals surface area contributed by atoms with Crippen molar-refractivity contribution in [2.24, 2.45) is 5.92 Å². The van der Waals surface area contributed by atoms with E-state index in [1.54, 1.807) is 0 Å². The molecule has 1 aromatic carbocycles. The minimum atomic E-state index is 0.204. The number of carbonyl (C=O) groups excluding carboxylic acids is 1. The monoisotopic (exact) mass is 286 g/mol. The van der Waals surface area contributed by atoms with Crippen molar-refractivity contribution in [2.75, 3.05) is 11.9 Å². The van der Waals surface area contributed by atoms with Gasteiger partial charge in [0.2, 0.25) is 5.91 Å². The molecule has 1 saturated carbocycles. The van der Waals surface area contributed by atoms with E-state index in [-0.39, 0.29) is 5.91 Å². The maximum atomic E-state index is 12.0. The van der Waals surface area contributed by atoms with Crippen LogP contribution in [0.15, 0.2) is 18.2 Å². The van der Waals surface area contributed by atoms with E-state index in [0.29, 0.717) is 13.0 Å². The first-order valence-electron chi connectivity index (χ1n) is 8.44. The standard InChI is InChI=1S/C18H26N2O/c21-17(11-10-14-5-1-2-6-14)20-13-16-8-3-7-15-9-4-12-19-18(15)16/h3,7-8,14,19H,1-2,4-6,9-13H2,(H,20,21). The third kappa shape index (κ3) is 3.78. The molecule has 0 aromatic heterocycles. The molecule has 2 N–H and O–H groups in total. The Morgan fingerprint density at radius 3 is 2.95 bits per heavy atom. The number of rotatable bonds is 5. The van der Waals surface area contributed by atoms with Crippen LogP contribution in [-0.2, 0) is 17.8 Å². The maximum Gasteiger partial charge on any atom is 0.220 e. The molecule has 1 aliphatic heterocycles. The zero-order chi connectivity index (χ0) is 14.5. The van der Waals surface area contributed by atoms with Crippen LogP contribution < -0.4 is 10.6 Å². The van der Waals surface area contributed by atoms with Crippen LogP contribution in [0.2, 0.25) is 0 Å². The number of amides is 1. The van der Waals surface area contributed by atoms with Gasteiger partial charge in [-0.1, -0.05) is 43.9 Å². The topological polar surface area (TPSA) is 41.1 Å². The highest BCUT2D eigenvalue weighted by Crippen LogP contribution is 2.28. The Labute approximate surface area is 127 Å². The number of para-hydroxylation sites is 1. The zero-order valence-corrected chi connectivity index (χ0v) is 12.8. The third-order valence-corrected chi connectivity index (χ3v) is 4.89. The van der Waals surface area contributed by atoms with Gasteiger partial charge in [0.05, 0.1) is 0 Å². The molecule has 3 heteroatoms. The molecule has 114 valence electrons. The second kappa shape index (κ2) is 6.97. The fourth-order valence-electron chi connectivity index (χ4n) is 3.64. The lowest BCUT2D eigenvalue weighted by atomic mass is 9.99. The first-order valence-corrected chi connectivity index (χ1v) is 8.44. The largest absolute Gasteiger partial charge is 0.385 e. The number of hydrogen-bond donors (Lipinski definition) is 2. The molecule has 21 heavy (non-hydrogen) atoms. The molecule has 0 bridgehead atoms. The molecule has 2 aliphatic rings. The van der Waals surface area contributed by atoms with Crippen LogP contribution in [0.1, 0.15) is 56.1 Å². The van der Waals surface area contributed by atoms with Crippen LogP contribution in [-0.4, -0.2) is 12.5 Å². The van der Waals surface area contributed by atoms with Crippen molar-refractivity contribution in [3.8, 4) is 0 Å². The van der Waals surface area contributed by atoms with E-state index < -0.39 is 0 Å². The summed E-state index contributed by atoms with van der Waals surface area (Å²) in [4.78, 5) is 12.0. The van der Waals surface area contributed by atoms with Crippen molar-refractivity contribution in [3.05, 3.63) is 29.3 Å². The summed E-state index contributed by atoms with van der Waals surface area (Å²) < 4.78 is 0. The molecule has 0 unspecified atom stereocenters. The molecule has 1 amide bonds. The summed E-state index contributed by atoms with van der Waals surface area (Å²) in [6.07, 6.45) is 9.45. The summed E-state index contributed by atoms with van der Waals surface area (Å²) in [6, 6.07) is 6.41. The van der Waals surface area contributed by atoms with Crippen molar-refractivity contribution in [2.45, 2.75) is 57.9 Å². The zero-order valence-electron chi connectivity index (χ0n) is 12.8. The average Bonchev–Trinajstić information content (AvgIpc) is 3.04. The molecular weight excluding hydrogens is 260 g/mol. The van der Waals surface area contributed by atoms with Gasteiger partial charge in [-0.2, -0.15) is 0 Å². The Morgan fingerprint density at radius 2 is 2.10 bits per heavy atom. The number of anilines is 1. The summed E-state index contributed by atoms with van der Waals surface area (Å²) in [5.74, 6) is 0.997. The van der Waals surface area contributed by atoms with Gasteiger partial charge in [0.15, 0.2) is 0 Å². The van der Waals surface area contributed by atoms with Gasteiger partial charge in [0.1, 0.15) is 0 Å². The highest BCUT2D eigenvalue weighted by Gasteiger charge is 2.16. The molecule has 1 fully saturated rings. The molecule has 3 nitrogen and oxygen atoms in total. The number of fused-ring (bicyclic) bond motifs is 1. The van der Waals surface area contributed by atoms with Crippen LogP contribution in [0.25, 0.3) is 0 Å². The Morgan fingerprint density at radius 1 is 1.24 bits per heavy atom. The van der Waals surface area contributed by atoms with E-state index in [4.69, 9.17) is 0 Å². The summed E-state index contributed by atoms with van der Waals surface area (Å²) in [5, 5.41) is 6.57. The lowest BCUT2D eigenvalue weighted by Crippen LogP contribution is -2.24. The minimum absolute atomic E-state index is 0.204. The maximum absolute atomic E-state index is 12.0.